The molecule has 0 spiro atoms. The van der Waals surface area contributed by atoms with Gasteiger partial charge in [-0.1, -0.05) is 11.6 Å². The Bertz CT molecular complexity index is 971. The molecule has 0 atom stereocenters. The summed E-state index contributed by atoms with van der Waals surface area (Å²) >= 11 is 6.16. The fourth-order valence-electron chi connectivity index (χ4n) is 2.63. The van der Waals surface area contributed by atoms with Gasteiger partial charge in [-0.05, 0) is 12.1 Å². The first kappa shape index (κ1) is 15.5. The van der Waals surface area contributed by atoms with Gasteiger partial charge < -0.3 is 20.7 Å². The lowest BCUT2D eigenvalue weighted by atomic mass is 10.3. The number of amides is 1. The van der Waals surface area contributed by atoms with Crippen LogP contribution in [-0.2, 0) is 0 Å². The van der Waals surface area contributed by atoms with Crippen molar-refractivity contribution in [1.29, 1.82) is 0 Å². The van der Waals surface area contributed by atoms with E-state index < -0.39 is 0 Å². The summed E-state index contributed by atoms with van der Waals surface area (Å²) in [6.07, 6.45) is 1.50. The van der Waals surface area contributed by atoms with Gasteiger partial charge in [0.15, 0.2) is 5.65 Å². The first-order chi connectivity index (χ1) is 12.2. The van der Waals surface area contributed by atoms with Crippen molar-refractivity contribution in [2.24, 2.45) is 0 Å². The van der Waals surface area contributed by atoms with Crippen LogP contribution in [0.15, 0.2) is 30.5 Å². The van der Waals surface area contributed by atoms with Gasteiger partial charge in [-0.15, -0.1) is 0 Å². The number of halogens is 1. The zero-order valence-corrected chi connectivity index (χ0v) is 14.1. The fraction of sp³-hybridized carbons (Fsp3) is 0.188. The molecule has 0 aliphatic carbocycles. The van der Waals surface area contributed by atoms with Gasteiger partial charge >= 0.3 is 0 Å². The molecule has 0 radical (unpaired) electrons. The molecule has 0 saturated carbocycles. The Labute approximate surface area is 148 Å². The van der Waals surface area contributed by atoms with Crippen LogP contribution in [0.2, 0.25) is 5.02 Å². The van der Waals surface area contributed by atoms with E-state index in [0.717, 1.165) is 5.69 Å². The molecule has 0 fully saturated rings. The molecule has 2 aromatic heterocycles. The number of carbonyl (C=O) groups is 1. The Balaban J connectivity index is 1.88. The summed E-state index contributed by atoms with van der Waals surface area (Å²) in [5.74, 6) is 1.55. The highest BCUT2D eigenvalue weighted by atomic mass is 35.5. The molecule has 128 valence electrons. The standard InChI is InChI=1S/C16H15ClN6O2/c1-18-14-7-13-21-9-2-3-11(17)12(6-9)25-5-4-19-16(24)10-8-20-23(14)15(10)22-13/h2-3,6-8,18H,4-5H2,1H3,(H,19,24)(H,21,22). The predicted octanol–water partition coefficient (Wildman–Crippen LogP) is 2.29. The third kappa shape index (κ3) is 2.80. The summed E-state index contributed by atoms with van der Waals surface area (Å²) in [6.45, 7) is 0.634. The average Bonchev–Trinajstić information content (AvgIpc) is 3.03. The highest BCUT2D eigenvalue weighted by molar-refractivity contribution is 6.32. The van der Waals surface area contributed by atoms with Crippen LogP contribution in [0, 0.1) is 0 Å². The molecule has 0 unspecified atom stereocenters. The summed E-state index contributed by atoms with van der Waals surface area (Å²) in [5, 5.41) is 13.8. The highest BCUT2D eigenvalue weighted by Crippen LogP contribution is 2.30. The normalized spacial score (nSPS) is 13.9. The first-order valence-electron chi connectivity index (χ1n) is 7.70. The molecule has 1 aliphatic heterocycles. The Morgan fingerprint density at radius 3 is 3.08 bits per heavy atom. The minimum atomic E-state index is -0.262. The lowest BCUT2D eigenvalue weighted by molar-refractivity contribution is 0.0948. The number of nitrogens with zero attached hydrogens (tertiary/aromatic N) is 3. The number of aromatic nitrogens is 3. The summed E-state index contributed by atoms with van der Waals surface area (Å²) in [4.78, 5) is 17.0. The van der Waals surface area contributed by atoms with Crippen molar-refractivity contribution >= 4 is 40.5 Å². The van der Waals surface area contributed by atoms with Gasteiger partial charge in [-0.3, -0.25) is 4.79 Å². The lowest BCUT2D eigenvalue weighted by Gasteiger charge is -2.12. The van der Waals surface area contributed by atoms with Gasteiger partial charge in [0.05, 0.1) is 17.8 Å². The summed E-state index contributed by atoms with van der Waals surface area (Å²) < 4.78 is 7.24. The van der Waals surface area contributed by atoms with Gasteiger partial charge in [0.1, 0.15) is 29.6 Å². The van der Waals surface area contributed by atoms with Crippen molar-refractivity contribution in [3.05, 3.63) is 41.0 Å². The van der Waals surface area contributed by atoms with E-state index in [4.69, 9.17) is 16.3 Å². The van der Waals surface area contributed by atoms with Crippen LogP contribution in [0.3, 0.4) is 0 Å². The van der Waals surface area contributed by atoms with E-state index in [2.05, 4.69) is 26.0 Å². The van der Waals surface area contributed by atoms with Gasteiger partial charge in [0.25, 0.3) is 5.91 Å². The molecule has 8 nitrogen and oxygen atoms in total. The number of fused-ring (bicyclic) bond motifs is 3. The second-order valence-electron chi connectivity index (χ2n) is 5.44. The number of benzene rings is 1. The van der Waals surface area contributed by atoms with E-state index in [1.54, 1.807) is 29.8 Å². The van der Waals surface area contributed by atoms with Crippen LogP contribution in [-0.4, -0.2) is 40.7 Å². The third-order valence-corrected chi connectivity index (χ3v) is 4.13. The van der Waals surface area contributed by atoms with E-state index in [0.29, 0.717) is 46.8 Å². The van der Waals surface area contributed by atoms with Crippen LogP contribution in [0.1, 0.15) is 10.4 Å². The van der Waals surface area contributed by atoms with Crippen LogP contribution < -0.4 is 20.7 Å². The van der Waals surface area contributed by atoms with Crippen molar-refractivity contribution in [2.45, 2.75) is 0 Å². The van der Waals surface area contributed by atoms with Crippen LogP contribution in [0.4, 0.5) is 17.3 Å². The van der Waals surface area contributed by atoms with Crippen molar-refractivity contribution in [2.75, 3.05) is 30.8 Å². The van der Waals surface area contributed by atoms with Crippen molar-refractivity contribution in [3.63, 3.8) is 0 Å². The largest absolute Gasteiger partial charge is 0.490 e. The second kappa shape index (κ2) is 6.14. The number of nitrogens with one attached hydrogen (secondary N) is 3. The van der Waals surface area contributed by atoms with E-state index >= 15 is 0 Å². The maximum absolute atomic E-state index is 12.4. The predicted molar refractivity (Wildman–Crippen MR) is 95.1 cm³/mol. The van der Waals surface area contributed by atoms with Crippen LogP contribution >= 0.6 is 11.6 Å². The molecule has 1 aliphatic rings. The van der Waals surface area contributed by atoms with Gasteiger partial charge in [-0.2, -0.15) is 9.61 Å². The summed E-state index contributed by atoms with van der Waals surface area (Å²) in [6, 6.07) is 7.18. The van der Waals surface area contributed by atoms with Gasteiger partial charge in [-0.25, -0.2) is 4.98 Å². The van der Waals surface area contributed by atoms with Crippen molar-refractivity contribution in [1.82, 2.24) is 19.9 Å². The molecule has 1 aromatic carbocycles. The molecule has 3 heterocycles. The molecular weight excluding hydrogens is 344 g/mol. The molecule has 25 heavy (non-hydrogen) atoms. The lowest BCUT2D eigenvalue weighted by Crippen LogP contribution is -2.28. The van der Waals surface area contributed by atoms with Gasteiger partial charge in [0.2, 0.25) is 0 Å². The average molecular weight is 359 g/mol. The zero-order chi connectivity index (χ0) is 17.4. The Morgan fingerprint density at radius 1 is 1.36 bits per heavy atom. The van der Waals surface area contributed by atoms with E-state index in [1.165, 1.54) is 6.20 Å². The van der Waals surface area contributed by atoms with E-state index in [-0.39, 0.29) is 5.91 Å². The number of anilines is 3. The molecule has 3 aromatic rings. The van der Waals surface area contributed by atoms with E-state index in [9.17, 15) is 4.79 Å². The number of hydrogen-bond donors (Lipinski definition) is 3. The summed E-state index contributed by atoms with van der Waals surface area (Å²) in [5.41, 5.74) is 1.63. The molecule has 9 heteroatoms. The molecule has 1 amide bonds. The molecule has 0 saturated heterocycles. The topological polar surface area (TPSA) is 92.6 Å². The quantitative estimate of drug-likeness (QED) is 0.618. The van der Waals surface area contributed by atoms with Gasteiger partial charge in [0, 0.05) is 24.9 Å². The maximum atomic E-state index is 12.4. The molecule has 3 N–H and O–H groups in total. The number of carbonyl (C=O) groups excluding carboxylic acids is 1. The Kier molecular flexibility index (Phi) is 3.81. The molecule has 4 bridgehead atoms. The summed E-state index contributed by atoms with van der Waals surface area (Å²) in [7, 11) is 1.78. The maximum Gasteiger partial charge on any atom is 0.256 e. The smallest absolute Gasteiger partial charge is 0.256 e. The molecule has 4 rings (SSSR count). The first-order valence-corrected chi connectivity index (χ1v) is 8.07. The SMILES string of the molecule is CNc1cc2nc3c(cnn13)C(=O)NCCOc1cc(ccc1Cl)N2. The fourth-order valence-corrected chi connectivity index (χ4v) is 2.80. The van der Waals surface area contributed by atoms with Crippen molar-refractivity contribution < 1.29 is 9.53 Å². The number of ether oxygens (including phenoxy) is 1. The number of rotatable bonds is 1. The monoisotopic (exact) mass is 358 g/mol. The third-order valence-electron chi connectivity index (χ3n) is 3.82. The van der Waals surface area contributed by atoms with Crippen LogP contribution in [0.25, 0.3) is 5.65 Å². The van der Waals surface area contributed by atoms with E-state index in [1.807, 2.05) is 6.07 Å². The highest BCUT2D eigenvalue weighted by Gasteiger charge is 2.17. The Hall–Kier alpha value is -3.00. The number of hydrogen-bond acceptors (Lipinski definition) is 6. The van der Waals surface area contributed by atoms with Crippen molar-refractivity contribution in [3.8, 4) is 5.75 Å². The Morgan fingerprint density at radius 2 is 2.24 bits per heavy atom. The minimum absolute atomic E-state index is 0.262. The zero-order valence-electron chi connectivity index (χ0n) is 13.3. The minimum Gasteiger partial charge on any atom is -0.490 e. The second-order valence-corrected chi connectivity index (χ2v) is 5.85. The molecular formula is C16H15ClN6O2. The van der Waals surface area contributed by atoms with Crippen LogP contribution in [0.5, 0.6) is 5.75 Å².